The number of carbonyl (C=O) groups excluding carboxylic acids is 1. The van der Waals surface area contributed by atoms with E-state index in [1.807, 2.05) is 18.7 Å². The number of nitrogen functional groups attached to an aromatic ring is 1. The van der Waals surface area contributed by atoms with E-state index < -0.39 is 0 Å². The van der Waals surface area contributed by atoms with Gasteiger partial charge in [0.2, 0.25) is 0 Å². The average Bonchev–Trinajstić information content (AvgIpc) is 2.72. The number of nitrogens with two attached hydrogens (primary N) is 1. The minimum Gasteiger partial charge on any atom is -0.382 e. The number of hydrogen-bond donors (Lipinski definition) is 2. The summed E-state index contributed by atoms with van der Waals surface area (Å²) in [5.74, 6) is 0.418. The summed E-state index contributed by atoms with van der Waals surface area (Å²) in [6.07, 6.45) is 0. The van der Waals surface area contributed by atoms with Gasteiger partial charge in [0.1, 0.15) is 11.5 Å². The van der Waals surface area contributed by atoms with Crippen LogP contribution in [0, 0.1) is 0 Å². The SMILES string of the molecule is CC(C)n1nc(N)cc1C(=O)N1CCNCC1. The summed E-state index contributed by atoms with van der Waals surface area (Å²) in [6.45, 7) is 7.14. The summed E-state index contributed by atoms with van der Waals surface area (Å²) in [5, 5.41) is 7.38. The smallest absolute Gasteiger partial charge is 0.272 e. The number of aromatic nitrogens is 2. The highest BCUT2D eigenvalue weighted by atomic mass is 16.2. The highest BCUT2D eigenvalue weighted by molar-refractivity contribution is 5.93. The largest absolute Gasteiger partial charge is 0.382 e. The number of rotatable bonds is 2. The van der Waals surface area contributed by atoms with Gasteiger partial charge in [-0.05, 0) is 13.8 Å². The van der Waals surface area contributed by atoms with Gasteiger partial charge in [0.25, 0.3) is 5.91 Å². The summed E-state index contributed by atoms with van der Waals surface area (Å²) < 4.78 is 1.69. The van der Waals surface area contributed by atoms with Gasteiger partial charge in [-0.1, -0.05) is 0 Å². The third-order valence-electron chi connectivity index (χ3n) is 2.87. The standard InChI is InChI=1S/C11H19N5O/c1-8(2)16-9(7-10(12)14-16)11(17)15-5-3-13-4-6-15/h7-8,13H,3-6H2,1-2H3,(H2,12,14). The zero-order valence-corrected chi connectivity index (χ0v) is 10.3. The Hall–Kier alpha value is -1.56. The van der Waals surface area contributed by atoms with Gasteiger partial charge >= 0.3 is 0 Å². The van der Waals surface area contributed by atoms with E-state index in [4.69, 9.17) is 5.73 Å². The molecule has 1 fully saturated rings. The maximum atomic E-state index is 12.3. The maximum absolute atomic E-state index is 12.3. The quantitative estimate of drug-likeness (QED) is 0.764. The lowest BCUT2D eigenvalue weighted by Crippen LogP contribution is -2.47. The van der Waals surface area contributed by atoms with E-state index in [0.717, 1.165) is 26.2 Å². The molecule has 0 spiro atoms. The first-order valence-corrected chi connectivity index (χ1v) is 5.94. The fraction of sp³-hybridized carbons (Fsp3) is 0.636. The Balaban J connectivity index is 2.23. The summed E-state index contributed by atoms with van der Waals surface area (Å²) in [6, 6.07) is 1.79. The topological polar surface area (TPSA) is 76.2 Å². The Bertz CT molecular complexity index is 406. The number of hydrogen-bond acceptors (Lipinski definition) is 4. The Labute approximate surface area is 101 Å². The van der Waals surface area contributed by atoms with Crippen molar-refractivity contribution in [2.75, 3.05) is 31.9 Å². The van der Waals surface area contributed by atoms with Crippen molar-refractivity contribution in [2.45, 2.75) is 19.9 Å². The molecule has 1 aliphatic rings. The van der Waals surface area contributed by atoms with E-state index in [1.54, 1.807) is 10.7 Å². The van der Waals surface area contributed by atoms with Crippen molar-refractivity contribution in [1.29, 1.82) is 0 Å². The molecule has 2 heterocycles. The first-order valence-electron chi connectivity index (χ1n) is 5.94. The first-order chi connectivity index (χ1) is 8.09. The molecule has 6 nitrogen and oxygen atoms in total. The number of amides is 1. The van der Waals surface area contributed by atoms with Crippen LogP contribution in [0.15, 0.2) is 6.07 Å². The molecule has 1 aliphatic heterocycles. The van der Waals surface area contributed by atoms with Gasteiger partial charge in [-0.2, -0.15) is 5.10 Å². The fourth-order valence-electron chi connectivity index (χ4n) is 2.00. The van der Waals surface area contributed by atoms with E-state index in [9.17, 15) is 4.79 Å². The Morgan fingerprint density at radius 3 is 2.71 bits per heavy atom. The zero-order valence-electron chi connectivity index (χ0n) is 10.3. The molecule has 0 atom stereocenters. The van der Waals surface area contributed by atoms with E-state index in [1.165, 1.54) is 0 Å². The molecule has 3 N–H and O–H groups in total. The van der Waals surface area contributed by atoms with Gasteiger partial charge in [0.15, 0.2) is 0 Å². The number of carbonyl (C=O) groups is 1. The molecule has 0 bridgehead atoms. The predicted molar refractivity (Wildman–Crippen MR) is 65.8 cm³/mol. The molecular weight excluding hydrogens is 218 g/mol. The van der Waals surface area contributed by atoms with Crippen molar-refractivity contribution >= 4 is 11.7 Å². The van der Waals surface area contributed by atoms with Crippen molar-refractivity contribution in [1.82, 2.24) is 20.0 Å². The van der Waals surface area contributed by atoms with Crippen LogP contribution >= 0.6 is 0 Å². The molecule has 2 rings (SSSR count). The molecule has 1 saturated heterocycles. The van der Waals surface area contributed by atoms with Crippen molar-refractivity contribution in [3.05, 3.63) is 11.8 Å². The molecule has 6 heteroatoms. The van der Waals surface area contributed by atoms with Gasteiger partial charge in [-0.3, -0.25) is 9.48 Å². The summed E-state index contributed by atoms with van der Waals surface area (Å²) in [7, 11) is 0. The van der Waals surface area contributed by atoms with Gasteiger partial charge in [-0.25, -0.2) is 0 Å². The van der Waals surface area contributed by atoms with E-state index in [-0.39, 0.29) is 11.9 Å². The summed E-state index contributed by atoms with van der Waals surface area (Å²) >= 11 is 0. The number of piperazine rings is 1. The van der Waals surface area contributed by atoms with Crippen LogP contribution in [0.2, 0.25) is 0 Å². The maximum Gasteiger partial charge on any atom is 0.272 e. The Kier molecular flexibility index (Phi) is 3.33. The van der Waals surface area contributed by atoms with Crippen LogP contribution < -0.4 is 11.1 Å². The van der Waals surface area contributed by atoms with Crippen LogP contribution in [0.3, 0.4) is 0 Å². The van der Waals surface area contributed by atoms with Crippen molar-refractivity contribution in [3.8, 4) is 0 Å². The van der Waals surface area contributed by atoms with Crippen LogP contribution in [0.1, 0.15) is 30.4 Å². The molecule has 0 saturated carbocycles. The Morgan fingerprint density at radius 2 is 2.12 bits per heavy atom. The summed E-state index contributed by atoms with van der Waals surface area (Å²) in [5.41, 5.74) is 6.25. The lowest BCUT2D eigenvalue weighted by molar-refractivity contribution is 0.0721. The minimum absolute atomic E-state index is 0.0180. The first kappa shape index (κ1) is 11.9. The van der Waals surface area contributed by atoms with Crippen LogP contribution in [-0.2, 0) is 0 Å². The lowest BCUT2D eigenvalue weighted by atomic mass is 10.3. The molecule has 17 heavy (non-hydrogen) atoms. The van der Waals surface area contributed by atoms with E-state index in [0.29, 0.717) is 11.5 Å². The molecule has 0 unspecified atom stereocenters. The summed E-state index contributed by atoms with van der Waals surface area (Å²) in [4.78, 5) is 14.2. The van der Waals surface area contributed by atoms with Crippen LogP contribution in [0.5, 0.6) is 0 Å². The second-order valence-electron chi connectivity index (χ2n) is 4.53. The molecular formula is C11H19N5O. The van der Waals surface area contributed by atoms with Gasteiger partial charge < -0.3 is 16.0 Å². The monoisotopic (exact) mass is 237 g/mol. The second kappa shape index (κ2) is 4.75. The molecule has 0 radical (unpaired) electrons. The van der Waals surface area contributed by atoms with E-state index in [2.05, 4.69) is 10.4 Å². The molecule has 0 aromatic carbocycles. The highest BCUT2D eigenvalue weighted by Gasteiger charge is 2.23. The molecule has 1 aromatic heterocycles. The zero-order chi connectivity index (χ0) is 12.4. The molecule has 0 aliphatic carbocycles. The van der Waals surface area contributed by atoms with Crippen molar-refractivity contribution in [3.63, 3.8) is 0 Å². The minimum atomic E-state index is 0.0180. The lowest BCUT2D eigenvalue weighted by Gasteiger charge is -2.27. The highest BCUT2D eigenvalue weighted by Crippen LogP contribution is 2.15. The van der Waals surface area contributed by atoms with Gasteiger partial charge in [0.05, 0.1) is 0 Å². The number of nitrogens with one attached hydrogen (secondary N) is 1. The third-order valence-corrected chi connectivity index (χ3v) is 2.87. The number of nitrogens with zero attached hydrogens (tertiary/aromatic N) is 3. The molecule has 1 amide bonds. The van der Waals surface area contributed by atoms with Crippen molar-refractivity contribution < 1.29 is 4.79 Å². The normalized spacial score (nSPS) is 16.5. The second-order valence-corrected chi connectivity index (χ2v) is 4.53. The molecule has 1 aromatic rings. The predicted octanol–water partition coefficient (Wildman–Crippen LogP) is 0.0916. The fourth-order valence-corrected chi connectivity index (χ4v) is 2.00. The number of anilines is 1. The average molecular weight is 237 g/mol. The van der Waals surface area contributed by atoms with Crippen LogP contribution in [-0.4, -0.2) is 46.8 Å². The van der Waals surface area contributed by atoms with Crippen LogP contribution in [0.25, 0.3) is 0 Å². The third kappa shape index (κ3) is 2.41. The molecule has 94 valence electrons. The Morgan fingerprint density at radius 1 is 1.47 bits per heavy atom. The van der Waals surface area contributed by atoms with Gasteiger partial charge in [0, 0.05) is 38.3 Å². The van der Waals surface area contributed by atoms with Crippen LogP contribution in [0.4, 0.5) is 5.82 Å². The van der Waals surface area contributed by atoms with Gasteiger partial charge in [-0.15, -0.1) is 0 Å². The van der Waals surface area contributed by atoms with E-state index >= 15 is 0 Å². The van der Waals surface area contributed by atoms with Crippen molar-refractivity contribution in [2.24, 2.45) is 0 Å².